The lowest BCUT2D eigenvalue weighted by molar-refractivity contribution is -0.138. The Labute approximate surface area is 196 Å². The van der Waals surface area contributed by atoms with Gasteiger partial charge in [-0.2, -0.15) is 0 Å². The maximum atomic E-state index is 11.0. The van der Waals surface area contributed by atoms with Gasteiger partial charge in [0.2, 0.25) is 0 Å². The Morgan fingerprint density at radius 2 is 1.29 bits per heavy atom. The molecular formula is C25H28Cl2N2O2. The third-order valence-corrected chi connectivity index (χ3v) is 5.56. The quantitative estimate of drug-likeness (QED) is 0.564. The summed E-state index contributed by atoms with van der Waals surface area (Å²) in [6.45, 7) is 3.36. The highest BCUT2D eigenvalue weighted by Gasteiger charge is 2.27. The molecule has 0 amide bonds. The SMILES string of the molecule is Cl.Cl.O=C(O)CN1CCN(C(c2ccccc2)c2cccc(-c3ccccc3)c2)CC1. The van der Waals surface area contributed by atoms with E-state index in [2.05, 4.69) is 77.7 Å². The van der Waals surface area contributed by atoms with E-state index in [-0.39, 0.29) is 37.4 Å². The van der Waals surface area contributed by atoms with Crippen molar-refractivity contribution in [3.05, 3.63) is 96.1 Å². The Hall–Kier alpha value is -2.37. The van der Waals surface area contributed by atoms with Crippen LogP contribution in [0.3, 0.4) is 0 Å². The van der Waals surface area contributed by atoms with Gasteiger partial charge in [-0.1, -0.05) is 78.9 Å². The summed E-state index contributed by atoms with van der Waals surface area (Å²) in [5, 5.41) is 9.08. The van der Waals surface area contributed by atoms with Crippen molar-refractivity contribution in [3.8, 4) is 11.1 Å². The monoisotopic (exact) mass is 458 g/mol. The second-order valence-corrected chi connectivity index (χ2v) is 7.51. The summed E-state index contributed by atoms with van der Waals surface area (Å²) in [6, 6.07) is 30.0. The van der Waals surface area contributed by atoms with Gasteiger partial charge >= 0.3 is 5.97 Å². The number of hydrogen-bond acceptors (Lipinski definition) is 3. The number of halogens is 2. The summed E-state index contributed by atoms with van der Waals surface area (Å²) in [6.07, 6.45) is 0. The minimum Gasteiger partial charge on any atom is -0.480 e. The molecule has 1 N–H and O–H groups in total. The van der Waals surface area contributed by atoms with E-state index >= 15 is 0 Å². The van der Waals surface area contributed by atoms with Gasteiger partial charge in [-0.15, -0.1) is 24.8 Å². The van der Waals surface area contributed by atoms with Crippen molar-refractivity contribution in [1.29, 1.82) is 0 Å². The lowest BCUT2D eigenvalue weighted by Crippen LogP contribution is -2.49. The van der Waals surface area contributed by atoms with Crippen LogP contribution in [0.15, 0.2) is 84.9 Å². The molecule has 3 aromatic carbocycles. The van der Waals surface area contributed by atoms with E-state index in [1.54, 1.807) is 0 Å². The molecule has 164 valence electrons. The topological polar surface area (TPSA) is 43.8 Å². The second kappa shape index (κ2) is 11.9. The minimum absolute atomic E-state index is 0. The maximum absolute atomic E-state index is 11.0. The lowest BCUT2D eigenvalue weighted by atomic mass is 9.93. The first kappa shape index (κ1) is 24.9. The van der Waals surface area contributed by atoms with Crippen LogP contribution in [-0.2, 0) is 4.79 Å². The predicted molar refractivity (Wildman–Crippen MR) is 130 cm³/mol. The fraction of sp³-hybridized carbons (Fsp3) is 0.240. The zero-order valence-electron chi connectivity index (χ0n) is 17.3. The van der Waals surface area contributed by atoms with E-state index in [1.165, 1.54) is 22.3 Å². The molecule has 4 rings (SSSR count). The Bertz CT molecular complexity index is 946. The van der Waals surface area contributed by atoms with Gasteiger partial charge in [-0.25, -0.2) is 0 Å². The van der Waals surface area contributed by atoms with Crippen LogP contribution in [0, 0.1) is 0 Å². The van der Waals surface area contributed by atoms with Crippen LogP contribution in [0.5, 0.6) is 0 Å². The molecule has 1 aliphatic heterocycles. The first-order chi connectivity index (χ1) is 14.2. The van der Waals surface area contributed by atoms with Crippen LogP contribution in [0.4, 0.5) is 0 Å². The van der Waals surface area contributed by atoms with Crippen molar-refractivity contribution in [2.75, 3.05) is 32.7 Å². The van der Waals surface area contributed by atoms with Crippen LogP contribution in [0.25, 0.3) is 11.1 Å². The Morgan fingerprint density at radius 3 is 1.90 bits per heavy atom. The highest BCUT2D eigenvalue weighted by atomic mass is 35.5. The van der Waals surface area contributed by atoms with Gasteiger partial charge in [-0.3, -0.25) is 14.6 Å². The van der Waals surface area contributed by atoms with Crippen molar-refractivity contribution in [1.82, 2.24) is 9.80 Å². The van der Waals surface area contributed by atoms with Gasteiger partial charge < -0.3 is 5.11 Å². The number of benzene rings is 3. The van der Waals surface area contributed by atoms with Crippen LogP contribution >= 0.6 is 24.8 Å². The first-order valence-electron chi connectivity index (χ1n) is 10.1. The molecule has 1 saturated heterocycles. The molecule has 1 fully saturated rings. The average Bonchev–Trinajstić information content (AvgIpc) is 2.76. The summed E-state index contributed by atoms with van der Waals surface area (Å²) in [5.41, 5.74) is 4.97. The molecule has 0 aromatic heterocycles. The molecule has 0 bridgehead atoms. The molecular weight excluding hydrogens is 431 g/mol. The zero-order valence-corrected chi connectivity index (χ0v) is 18.9. The summed E-state index contributed by atoms with van der Waals surface area (Å²) in [4.78, 5) is 15.5. The Balaban J connectivity index is 0.00000171. The molecule has 1 atom stereocenters. The molecule has 0 radical (unpaired) electrons. The number of carbonyl (C=O) groups is 1. The fourth-order valence-electron chi connectivity index (χ4n) is 4.14. The lowest BCUT2D eigenvalue weighted by Gasteiger charge is -2.39. The summed E-state index contributed by atoms with van der Waals surface area (Å²) >= 11 is 0. The van der Waals surface area contributed by atoms with Gasteiger partial charge in [0.05, 0.1) is 12.6 Å². The smallest absolute Gasteiger partial charge is 0.317 e. The van der Waals surface area contributed by atoms with Crippen LogP contribution in [0.2, 0.25) is 0 Å². The third-order valence-electron chi connectivity index (χ3n) is 5.56. The number of aliphatic carboxylic acids is 1. The van der Waals surface area contributed by atoms with Gasteiger partial charge in [0.1, 0.15) is 0 Å². The highest BCUT2D eigenvalue weighted by Crippen LogP contribution is 2.32. The van der Waals surface area contributed by atoms with Gasteiger partial charge in [-0.05, 0) is 28.3 Å². The number of piperazine rings is 1. The molecule has 31 heavy (non-hydrogen) atoms. The van der Waals surface area contributed by atoms with E-state index in [9.17, 15) is 4.79 Å². The molecule has 0 saturated carbocycles. The number of carboxylic acid groups (broad SMARTS) is 1. The van der Waals surface area contributed by atoms with E-state index in [0.717, 1.165) is 26.2 Å². The molecule has 4 nitrogen and oxygen atoms in total. The predicted octanol–water partition coefficient (Wildman–Crippen LogP) is 4.99. The van der Waals surface area contributed by atoms with Crippen molar-refractivity contribution in [3.63, 3.8) is 0 Å². The summed E-state index contributed by atoms with van der Waals surface area (Å²) < 4.78 is 0. The minimum atomic E-state index is -0.756. The molecule has 3 aromatic rings. The second-order valence-electron chi connectivity index (χ2n) is 7.51. The molecule has 1 heterocycles. The number of hydrogen-bond donors (Lipinski definition) is 1. The van der Waals surface area contributed by atoms with E-state index in [4.69, 9.17) is 5.11 Å². The van der Waals surface area contributed by atoms with Gasteiger partial charge in [0.25, 0.3) is 0 Å². The van der Waals surface area contributed by atoms with Crippen molar-refractivity contribution < 1.29 is 9.90 Å². The van der Waals surface area contributed by atoms with Crippen molar-refractivity contribution in [2.45, 2.75) is 6.04 Å². The Kier molecular flexibility index (Phi) is 9.53. The van der Waals surface area contributed by atoms with Gasteiger partial charge in [0.15, 0.2) is 0 Å². The van der Waals surface area contributed by atoms with Crippen molar-refractivity contribution >= 4 is 30.8 Å². The molecule has 1 unspecified atom stereocenters. The molecule has 6 heteroatoms. The summed E-state index contributed by atoms with van der Waals surface area (Å²) in [7, 11) is 0. The normalized spacial score (nSPS) is 15.4. The molecule has 0 spiro atoms. The van der Waals surface area contributed by atoms with E-state index in [0.29, 0.717) is 0 Å². The first-order valence-corrected chi connectivity index (χ1v) is 10.1. The van der Waals surface area contributed by atoms with Crippen LogP contribution in [-0.4, -0.2) is 53.6 Å². The van der Waals surface area contributed by atoms with Crippen LogP contribution in [0.1, 0.15) is 17.2 Å². The third kappa shape index (κ3) is 6.31. The summed E-state index contributed by atoms with van der Waals surface area (Å²) in [5.74, 6) is -0.756. The van der Waals surface area contributed by atoms with Gasteiger partial charge in [0, 0.05) is 26.2 Å². The number of rotatable bonds is 6. The number of nitrogens with zero attached hydrogens (tertiary/aromatic N) is 2. The Morgan fingerprint density at radius 1 is 0.742 bits per heavy atom. The van der Waals surface area contributed by atoms with E-state index < -0.39 is 5.97 Å². The fourth-order valence-corrected chi connectivity index (χ4v) is 4.14. The largest absolute Gasteiger partial charge is 0.480 e. The number of carboxylic acids is 1. The molecule has 1 aliphatic rings. The maximum Gasteiger partial charge on any atom is 0.317 e. The van der Waals surface area contributed by atoms with Crippen LogP contribution < -0.4 is 0 Å². The van der Waals surface area contributed by atoms with E-state index in [1.807, 2.05) is 17.0 Å². The highest BCUT2D eigenvalue weighted by molar-refractivity contribution is 5.85. The average molecular weight is 459 g/mol. The zero-order chi connectivity index (χ0) is 20.1. The van der Waals surface area contributed by atoms with Crippen molar-refractivity contribution in [2.24, 2.45) is 0 Å². The standard InChI is InChI=1S/C25H26N2O2.2ClH/c28-24(29)19-26-14-16-27(17-15-26)25(21-10-5-2-6-11-21)23-13-7-12-22(18-23)20-8-3-1-4-9-20;;/h1-13,18,25H,14-17,19H2,(H,28,29);2*1H. The molecule has 0 aliphatic carbocycles.